The minimum absolute atomic E-state index is 0.0715. The van der Waals surface area contributed by atoms with Crippen molar-refractivity contribution in [3.05, 3.63) is 33.4 Å². The van der Waals surface area contributed by atoms with Gasteiger partial charge in [-0.2, -0.15) is 0 Å². The number of benzene rings is 1. The van der Waals surface area contributed by atoms with Crippen LogP contribution < -0.4 is 11.3 Å². The zero-order chi connectivity index (χ0) is 15.3. The fourth-order valence-corrected chi connectivity index (χ4v) is 3.60. The average Bonchev–Trinajstić information content (AvgIpc) is 2.76. The molecule has 4 heteroatoms. The number of likely N-dealkylation sites (tertiary alicyclic amines) is 1. The summed E-state index contributed by atoms with van der Waals surface area (Å²) in [6.07, 6.45) is 6.32. The highest BCUT2D eigenvalue weighted by molar-refractivity contribution is 14.1. The average molecular weight is 401 g/mol. The van der Waals surface area contributed by atoms with Crippen LogP contribution in [0, 0.1) is 3.57 Å². The van der Waals surface area contributed by atoms with Gasteiger partial charge in [-0.15, -0.1) is 0 Å². The van der Waals surface area contributed by atoms with Crippen LogP contribution in [0.15, 0.2) is 24.3 Å². The molecule has 0 spiro atoms. The molecule has 0 aliphatic carbocycles. The molecule has 1 aliphatic heterocycles. The Morgan fingerprint density at radius 2 is 1.71 bits per heavy atom. The number of halogens is 1. The first-order valence-electron chi connectivity index (χ1n) is 7.99. The molecule has 2 rings (SSSR count). The van der Waals surface area contributed by atoms with E-state index in [0.717, 1.165) is 6.42 Å². The van der Waals surface area contributed by atoms with Crippen LogP contribution in [0.2, 0.25) is 0 Å². The number of rotatable bonds is 5. The summed E-state index contributed by atoms with van der Waals surface area (Å²) in [5, 5.41) is 0. The molecular formula is C17H28IN3. The van der Waals surface area contributed by atoms with Crippen molar-refractivity contribution in [2.75, 3.05) is 13.1 Å². The fraction of sp³-hybridized carbons (Fsp3) is 0.647. The molecule has 0 radical (unpaired) electrons. The maximum absolute atomic E-state index is 5.90. The Balaban J connectivity index is 2.08. The van der Waals surface area contributed by atoms with Crippen LogP contribution >= 0.6 is 22.6 Å². The van der Waals surface area contributed by atoms with Crippen molar-refractivity contribution in [1.82, 2.24) is 10.3 Å². The van der Waals surface area contributed by atoms with E-state index in [2.05, 4.69) is 71.0 Å². The van der Waals surface area contributed by atoms with Gasteiger partial charge < -0.3 is 0 Å². The molecule has 1 fully saturated rings. The Labute approximate surface area is 142 Å². The van der Waals surface area contributed by atoms with E-state index < -0.39 is 0 Å². The van der Waals surface area contributed by atoms with E-state index in [0.29, 0.717) is 0 Å². The highest BCUT2D eigenvalue weighted by Crippen LogP contribution is 2.25. The third-order valence-electron chi connectivity index (χ3n) is 4.83. The number of nitrogens with one attached hydrogen (secondary N) is 1. The number of hydrazine groups is 1. The van der Waals surface area contributed by atoms with Crippen molar-refractivity contribution in [2.45, 2.75) is 57.5 Å². The Bertz CT molecular complexity index is 422. The molecule has 0 saturated carbocycles. The molecule has 1 unspecified atom stereocenters. The molecule has 0 bridgehead atoms. The van der Waals surface area contributed by atoms with Gasteiger partial charge in [-0.05, 0) is 86.5 Å². The van der Waals surface area contributed by atoms with Crippen LogP contribution in [0.25, 0.3) is 0 Å². The summed E-state index contributed by atoms with van der Waals surface area (Å²) >= 11 is 2.35. The van der Waals surface area contributed by atoms with Gasteiger partial charge >= 0.3 is 0 Å². The summed E-state index contributed by atoms with van der Waals surface area (Å²) in [6.45, 7) is 7.04. The van der Waals surface area contributed by atoms with Crippen molar-refractivity contribution in [3.8, 4) is 0 Å². The van der Waals surface area contributed by atoms with E-state index in [-0.39, 0.29) is 11.6 Å². The lowest BCUT2D eigenvalue weighted by molar-refractivity contribution is 0.0835. The Morgan fingerprint density at radius 3 is 2.24 bits per heavy atom. The molecule has 1 aromatic rings. The Hall–Kier alpha value is -0.170. The van der Waals surface area contributed by atoms with Crippen LogP contribution in [0.1, 0.15) is 45.1 Å². The first-order valence-corrected chi connectivity index (χ1v) is 9.07. The van der Waals surface area contributed by atoms with Gasteiger partial charge in [0.1, 0.15) is 0 Å². The SMILES string of the molecule is CC(C)(C(Cc1ccc(I)cc1)NN)N1CCCCCC1. The highest BCUT2D eigenvalue weighted by atomic mass is 127. The summed E-state index contributed by atoms with van der Waals surface area (Å²) < 4.78 is 1.28. The third kappa shape index (κ3) is 4.65. The number of nitrogens with two attached hydrogens (primary N) is 1. The molecule has 21 heavy (non-hydrogen) atoms. The predicted molar refractivity (Wildman–Crippen MR) is 98.1 cm³/mol. The lowest BCUT2D eigenvalue weighted by atomic mass is 9.87. The van der Waals surface area contributed by atoms with E-state index in [4.69, 9.17) is 5.84 Å². The monoisotopic (exact) mass is 401 g/mol. The van der Waals surface area contributed by atoms with Crippen molar-refractivity contribution in [2.24, 2.45) is 5.84 Å². The molecule has 1 heterocycles. The van der Waals surface area contributed by atoms with Gasteiger partial charge in [0.05, 0.1) is 0 Å². The first kappa shape index (κ1) is 17.2. The zero-order valence-corrected chi connectivity index (χ0v) is 15.4. The summed E-state index contributed by atoms with van der Waals surface area (Å²) in [7, 11) is 0. The normalized spacial score (nSPS) is 19.2. The summed E-state index contributed by atoms with van der Waals surface area (Å²) in [5.74, 6) is 5.90. The standard InChI is InChI=1S/C17H28IN3/c1-17(2,21-11-5-3-4-6-12-21)16(20-19)13-14-7-9-15(18)10-8-14/h7-10,16,20H,3-6,11-13,19H2,1-2H3. The number of hydrogen-bond donors (Lipinski definition) is 2. The van der Waals surface area contributed by atoms with E-state index >= 15 is 0 Å². The summed E-state index contributed by atoms with van der Waals surface area (Å²) in [5.41, 5.74) is 4.50. The fourth-order valence-electron chi connectivity index (χ4n) is 3.24. The summed E-state index contributed by atoms with van der Waals surface area (Å²) in [4.78, 5) is 2.62. The molecule has 0 aromatic heterocycles. The Morgan fingerprint density at radius 1 is 1.14 bits per heavy atom. The zero-order valence-electron chi connectivity index (χ0n) is 13.2. The van der Waals surface area contributed by atoms with E-state index in [1.165, 1.54) is 47.9 Å². The molecule has 118 valence electrons. The second-order valence-electron chi connectivity index (χ2n) is 6.60. The van der Waals surface area contributed by atoms with Crippen LogP contribution in [0.3, 0.4) is 0 Å². The maximum Gasteiger partial charge on any atom is 0.0429 e. The molecule has 1 aromatic carbocycles. The lowest BCUT2D eigenvalue weighted by Crippen LogP contribution is -2.60. The highest BCUT2D eigenvalue weighted by Gasteiger charge is 2.34. The molecule has 1 saturated heterocycles. The smallest absolute Gasteiger partial charge is 0.0429 e. The molecule has 0 amide bonds. The predicted octanol–water partition coefficient (Wildman–Crippen LogP) is 3.32. The van der Waals surface area contributed by atoms with Gasteiger partial charge in [0.25, 0.3) is 0 Å². The minimum atomic E-state index is 0.0715. The van der Waals surface area contributed by atoms with Crippen molar-refractivity contribution < 1.29 is 0 Å². The second-order valence-corrected chi connectivity index (χ2v) is 7.85. The van der Waals surface area contributed by atoms with Crippen LogP contribution in [0.5, 0.6) is 0 Å². The van der Waals surface area contributed by atoms with Crippen molar-refractivity contribution >= 4 is 22.6 Å². The maximum atomic E-state index is 5.90. The van der Waals surface area contributed by atoms with Gasteiger partial charge in [0.15, 0.2) is 0 Å². The number of nitrogens with zero attached hydrogens (tertiary/aromatic N) is 1. The number of hydrogen-bond acceptors (Lipinski definition) is 3. The van der Waals surface area contributed by atoms with Gasteiger partial charge in [0.2, 0.25) is 0 Å². The van der Waals surface area contributed by atoms with Crippen LogP contribution in [0.4, 0.5) is 0 Å². The van der Waals surface area contributed by atoms with Gasteiger partial charge in [-0.25, -0.2) is 0 Å². The molecule has 3 N–H and O–H groups in total. The minimum Gasteiger partial charge on any atom is -0.297 e. The van der Waals surface area contributed by atoms with Crippen molar-refractivity contribution in [3.63, 3.8) is 0 Å². The van der Waals surface area contributed by atoms with Crippen molar-refractivity contribution in [1.29, 1.82) is 0 Å². The first-order chi connectivity index (χ1) is 10.0. The van der Waals surface area contributed by atoms with Crippen LogP contribution in [-0.4, -0.2) is 29.6 Å². The van der Waals surface area contributed by atoms with Gasteiger partial charge in [-0.1, -0.05) is 25.0 Å². The quantitative estimate of drug-likeness (QED) is 0.452. The second kappa shape index (κ2) is 7.90. The van der Waals surface area contributed by atoms with Crippen LogP contribution in [-0.2, 0) is 6.42 Å². The molecule has 1 atom stereocenters. The van der Waals surface area contributed by atoms with E-state index in [9.17, 15) is 0 Å². The topological polar surface area (TPSA) is 41.3 Å². The Kier molecular flexibility index (Phi) is 6.47. The molecule has 3 nitrogen and oxygen atoms in total. The lowest BCUT2D eigenvalue weighted by Gasteiger charge is -2.43. The van der Waals surface area contributed by atoms with Gasteiger partial charge in [-0.3, -0.25) is 16.2 Å². The summed E-state index contributed by atoms with van der Waals surface area (Å²) in [6, 6.07) is 9.02. The largest absolute Gasteiger partial charge is 0.297 e. The third-order valence-corrected chi connectivity index (χ3v) is 5.55. The van der Waals surface area contributed by atoms with Gasteiger partial charge in [0, 0.05) is 15.2 Å². The van der Waals surface area contributed by atoms with E-state index in [1.54, 1.807) is 0 Å². The molecular weight excluding hydrogens is 373 g/mol. The van der Waals surface area contributed by atoms with E-state index in [1.807, 2.05) is 0 Å². The molecule has 1 aliphatic rings.